The quantitative estimate of drug-likeness (QED) is 0.823. The Kier molecular flexibility index (Phi) is 6.05. The first-order chi connectivity index (χ1) is 13.3. The average molecular weight is 421 g/mol. The summed E-state index contributed by atoms with van der Waals surface area (Å²) < 4.78 is 23.6. The first kappa shape index (κ1) is 20.4. The number of nitrogens with zero attached hydrogens (tertiary/aromatic N) is 1. The molecule has 148 valence electrons. The maximum absolute atomic E-state index is 12.9. The van der Waals surface area contributed by atoms with E-state index >= 15 is 0 Å². The number of carbonyl (C=O) groups excluding carboxylic acids is 2. The smallest absolute Gasteiger partial charge is 0.255 e. The van der Waals surface area contributed by atoms with Crippen LogP contribution in [0.3, 0.4) is 0 Å². The van der Waals surface area contributed by atoms with Crippen LogP contribution in [0.2, 0.25) is 5.02 Å². The zero-order valence-electron chi connectivity index (χ0n) is 15.4. The van der Waals surface area contributed by atoms with Crippen LogP contribution in [-0.4, -0.2) is 44.5 Å². The highest BCUT2D eigenvalue weighted by Gasteiger charge is 2.30. The summed E-state index contributed by atoms with van der Waals surface area (Å²) >= 11 is 6.15. The van der Waals surface area contributed by atoms with E-state index in [0.29, 0.717) is 25.1 Å². The first-order valence-corrected chi connectivity index (χ1v) is 11.2. The Bertz CT molecular complexity index is 993. The molecule has 1 aliphatic heterocycles. The predicted molar refractivity (Wildman–Crippen MR) is 108 cm³/mol. The average Bonchev–Trinajstić information content (AvgIpc) is 2.68. The first-order valence-electron chi connectivity index (χ1n) is 8.90. The van der Waals surface area contributed by atoms with Gasteiger partial charge in [-0.2, -0.15) is 0 Å². The van der Waals surface area contributed by atoms with Gasteiger partial charge >= 0.3 is 0 Å². The molecule has 2 aromatic rings. The molecular formula is C20H21ClN2O4S. The number of amides is 2. The number of benzene rings is 2. The van der Waals surface area contributed by atoms with Gasteiger partial charge in [0.05, 0.1) is 21.4 Å². The van der Waals surface area contributed by atoms with Crippen molar-refractivity contribution in [2.45, 2.75) is 17.7 Å². The molecule has 0 bridgehead atoms. The van der Waals surface area contributed by atoms with Crippen LogP contribution in [0.25, 0.3) is 0 Å². The number of para-hydroxylation sites is 1. The highest BCUT2D eigenvalue weighted by Crippen LogP contribution is 2.25. The van der Waals surface area contributed by atoms with Gasteiger partial charge in [-0.05, 0) is 43.2 Å². The Morgan fingerprint density at radius 3 is 2.54 bits per heavy atom. The van der Waals surface area contributed by atoms with Crippen LogP contribution < -0.4 is 5.32 Å². The SMILES string of the molecule is CS(=O)(=O)c1ccc(Cl)c(C(=O)N2CCCC(C(=O)Nc3ccccc3)C2)c1. The van der Waals surface area contributed by atoms with Crippen LogP contribution in [0.15, 0.2) is 53.4 Å². The van der Waals surface area contributed by atoms with E-state index in [1.807, 2.05) is 18.2 Å². The highest BCUT2D eigenvalue weighted by atomic mass is 35.5. The van der Waals surface area contributed by atoms with Crippen molar-refractivity contribution < 1.29 is 18.0 Å². The molecule has 1 atom stereocenters. The monoisotopic (exact) mass is 420 g/mol. The topological polar surface area (TPSA) is 83.6 Å². The van der Waals surface area contributed by atoms with E-state index in [-0.39, 0.29) is 39.8 Å². The number of piperidine rings is 1. The highest BCUT2D eigenvalue weighted by molar-refractivity contribution is 7.90. The van der Waals surface area contributed by atoms with Crippen LogP contribution in [0.1, 0.15) is 23.2 Å². The fraction of sp³-hybridized carbons (Fsp3) is 0.300. The van der Waals surface area contributed by atoms with Crippen molar-refractivity contribution in [1.82, 2.24) is 4.90 Å². The van der Waals surface area contributed by atoms with Gasteiger partial charge in [0.15, 0.2) is 9.84 Å². The molecule has 28 heavy (non-hydrogen) atoms. The van der Waals surface area contributed by atoms with Crippen molar-refractivity contribution in [3.05, 3.63) is 59.1 Å². The molecule has 1 heterocycles. The van der Waals surface area contributed by atoms with Crippen molar-refractivity contribution in [2.24, 2.45) is 5.92 Å². The van der Waals surface area contributed by atoms with Gasteiger partial charge < -0.3 is 10.2 Å². The molecule has 0 aliphatic carbocycles. The number of hydrogen-bond acceptors (Lipinski definition) is 4. The maximum atomic E-state index is 12.9. The van der Waals surface area contributed by atoms with Crippen molar-refractivity contribution >= 4 is 38.9 Å². The third kappa shape index (κ3) is 4.72. The third-order valence-corrected chi connectivity index (χ3v) is 6.16. The van der Waals surface area contributed by atoms with E-state index in [1.54, 1.807) is 17.0 Å². The molecular weight excluding hydrogens is 400 g/mol. The molecule has 2 amide bonds. The van der Waals surface area contributed by atoms with E-state index in [1.165, 1.54) is 18.2 Å². The molecule has 6 nitrogen and oxygen atoms in total. The molecule has 2 aromatic carbocycles. The van der Waals surface area contributed by atoms with Gasteiger partial charge in [0.25, 0.3) is 5.91 Å². The fourth-order valence-electron chi connectivity index (χ4n) is 3.21. The molecule has 8 heteroatoms. The predicted octanol–water partition coefficient (Wildman–Crippen LogP) is 3.23. The summed E-state index contributed by atoms with van der Waals surface area (Å²) in [7, 11) is -3.46. The lowest BCUT2D eigenvalue weighted by molar-refractivity contribution is -0.121. The normalized spacial score (nSPS) is 17.2. The summed E-state index contributed by atoms with van der Waals surface area (Å²) in [6.45, 7) is 0.754. The van der Waals surface area contributed by atoms with Gasteiger partial charge in [0.2, 0.25) is 5.91 Å². The largest absolute Gasteiger partial charge is 0.338 e. The number of rotatable bonds is 4. The standard InChI is InChI=1S/C20H21ClN2O4S/c1-28(26,27)16-9-10-18(21)17(12-16)20(25)23-11-5-6-14(13-23)19(24)22-15-7-3-2-4-8-15/h2-4,7-10,12,14H,5-6,11,13H2,1H3,(H,22,24). The van der Waals surface area contributed by atoms with Crippen LogP contribution in [0.4, 0.5) is 5.69 Å². The fourth-order valence-corrected chi connectivity index (χ4v) is 4.06. The molecule has 1 saturated heterocycles. The van der Waals surface area contributed by atoms with E-state index in [0.717, 1.165) is 6.26 Å². The lowest BCUT2D eigenvalue weighted by Gasteiger charge is -2.32. The number of halogens is 1. The lowest BCUT2D eigenvalue weighted by atomic mass is 9.96. The van der Waals surface area contributed by atoms with Crippen molar-refractivity contribution in [1.29, 1.82) is 0 Å². The summed E-state index contributed by atoms with van der Waals surface area (Å²) in [5.74, 6) is -0.845. The second-order valence-electron chi connectivity index (χ2n) is 6.86. The summed E-state index contributed by atoms with van der Waals surface area (Å²) in [6.07, 6.45) is 2.44. The zero-order valence-corrected chi connectivity index (χ0v) is 17.0. The van der Waals surface area contributed by atoms with Gasteiger partial charge in [-0.25, -0.2) is 8.42 Å². The van der Waals surface area contributed by atoms with E-state index in [2.05, 4.69) is 5.32 Å². The molecule has 0 saturated carbocycles. The third-order valence-electron chi connectivity index (χ3n) is 4.72. The second-order valence-corrected chi connectivity index (χ2v) is 9.28. The molecule has 1 unspecified atom stereocenters. The number of anilines is 1. The Balaban J connectivity index is 1.75. The molecule has 0 aromatic heterocycles. The van der Waals surface area contributed by atoms with Crippen LogP contribution in [0, 0.1) is 5.92 Å². The van der Waals surface area contributed by atoms with Crippen molar-refractivity contribution in [3.63, 3.8) is 0 Å². The van der Waals surface area contributed by atoms with E-state index in [4.69, 9.17) is 11.6 Å². The summed E-state index contributed by atoms with van der Waals surface area (Å²) in [5.41, 5.74) is 0.841. The number of carbonyl (C=O) groups is 2. The molecule has 1 N–H and O–H groups in total. The molecule has 0 spiro atoms. The van der Waals surface area contributed by atoms with Gasteiger partial charge in [0.1, 0.15) is 0 Å². The number of nitrogens with one attached hydrogen (secondary N) is 1. The lowest BCUT2D eigenvalue weighted by Crippen LogP contribution is -2.43. The molecule has 1 aliphatic rings. The number of sulfone groups is 1. The van der Waals surface area contributed by atoms with Crippen LogP contribution in [-0.2, 0) is 14.6 Å². The minimum Gasteiger partial charge on any atom is -0.338 e. The van der Waals surface area contributed by atoms with E-state index < -0.39 is 9.84 Å². The Morgan fingerprint density at radius 2 is 1.86 bits per heavy atom. The molecule has 3 rings (SSSR count). The Morgan fingerprint density at radius 1 is 1.14 bits per heavy atom. The maximum Gasteiger partial charge on any atom is 0.255 e. The van der Waals surface area contributed by atoms with Gasteiger partial charge in [-0.15, -0.1) is 0 Å². The van der Waals surface area contributed by atoms with Crippen molar-refractivity contribution in [2.75, 3.05) is 24.7 Å². The molecule has 1 fully saturated rings. The number of hydrogen-bond donors (Lipinski definition) is 1. The summed E-state index contributed by atoms with van der Waals surface area (Å²) in [6, 6.07) is 13.2. The van der Waals surface area contributed by atoms with Gasteiger partial charge in [-0.1, -0.05) is 29.8 Å². The zero-order chi connectivity index (χ0) is 20.3. The summed E-state index contributed by atoms with van der Waals surface area (Å²) in [4.78, 5) is 27.1. The van der Waals surface area contributed by atoms with Crippen LogP contribution in [0.5, 0.6) is 0 Å². The van der Waals surface area contributed by atoms with E-state index in [9.17, 15) is 18.0 Å². The Hall–Kier alpha value is -2.38. The second kappa shape index (κ2) is 8.32. The van der Waals surface area contributed by atoms with Crippen molar-refractivity contribution in [3.8, 4) is 0 Å². The van der Waals surface area contributed by atoms with Gasteiger partial charge in [-0.3, -0.25) is 9.59 Å². The Labute approximate surface area is 169 Å². The minimum absolute atomic E-state index is 0.0376. The number of likely N-dealkylation sites (tertiary alicyclic amines) is 1. The van der Waals surface area contributed by atoms with Crippen LogP contribution >= 0.6 is 11.6 Å². The summed E-state index contributed by atoms with van der Waals surface area (Å²) in [5, 5.41) is 3.06. The van der Waals surface area contributed by atoms with Gasteiger partial charge in [0, 0.05) is 25.0 Å². The molecule has 0 radical (unpaired) electrons. The minimum atomic E-state index is -3.46.